The van der Waals surface area contributed by atoms with Crippen molar-refractivity contribution in [3.63, 3.8) is 0 Å². The van der Waals surface area contributed by atoms with Gasteiger partial charge in [-0.25, -0.2) is 4.79 Å². The van der Waals surface area contributed by atoms with Crippen LogP contribution in [0, 0.1) is 0 Å². The molecule has 0 aliphatic heterocycles. The van der Waals surface area contributed by atoms with Crippen LogP contribution in [0.3, 0.4) is 0 Å². The minimum absolute atomic E-state index is 0.123. The van der Waals surface area contributed by atoms with Crippen LogP contribution in [0.2, 0.25) is 0 Å². The highest BCUT2D eigenvalue weighted by Crippen LogP contribution is 2.23. The van der Waals surface area contributed by atoms with Gasteiger partial charge in [-0.05, 0) is 12.5 Å². The number of amides is 1. The Hall–Kier alpha value is -3.10. The summed E-state index contributed by atoms with van der Waals surface area (Å²) in [6, 6.07) is -0.0314. The number of rotatable bonds is 9. The van der Waals surface area contributed by atoms with E-state index in [0.717, 1.165) is 0 Å². The fraction of sp³-hybridized carbons (Fsp3) is 0.357. The lowest BCUT2D eigenvalue weighted by molar-refractivity contribution is -0.143. The SMILES string of the molecule is COc1cnccc1[C@@H](O)C(=O)N[C@@H](CCC(=O)C=[N+]=[N-])C(=O)O. The molecule has 1 amide bonds. The summed E-state index contributed by atoms with van der Waals surface area (Å²) in [5, 5.41) is 21.3. The molecule has 1 heterocycles. The molecule has 0 unspecified atom stereocenters. The molecule has 0 bridgehead atoms. The quantitative estimate of drug-likeness (QED) is 0.306. The number of hydrogen-bond donors (Lipinski definition) is 3. The number of carbonyl (C=O) groups is 3. The van der Waals surface area contributed by atoms with E-state index in [2.05, 4.69) is 15.1 Å². The van der Waals surface area contributed by atoms with E-state index in [9.17, 15) is 19.5 Å². The van der Waals surface area contributed by atoms with Gasteiger partial charge in [-0.15, -0.1) is 0 Å². The maximum absolute atomic E-state index is 12.0. The number of hydrogen-bond acceptors (Lipinski definition) is 6. The van der Waals surface area contributed by atoms with E-state index >= 15 is 0 Å². The van der Waals surface area contributed by atoms with E-state index in [1.165, 1.54) is 25.6 Å². The molecule has 24 heavy (non-hydrogen) atoms. The Morgan fingerprint density at radius 3 is 2.79 bits per heavy atom. The molecule has 128 valence electrons. The van der Waals surface area contributed by atoms with E-state index in [1.54, 1.807) is 0 Å². The van der Waals surface area contributed by atoms with Crippen LogP contribution in [0.25, 0.3) is 5.53 Å². The molecule has 2 atom stereocenters. The van der Waals surface area contributed by atoms with Crippen molar-refractivity contribution in [3.05, 3.63) is 29.6 Å². The highest BCUT2D eigenvalue weighted by atomic mass is 16.5. The highest BCUT2D eigenvalue weighted by molar-refractivity contribution is 6.25. The van der Waals surface area contributed by atoms with Crippen LogP contribution in [0.4, 0.5) is 0 Å². The van der Waals surface area contributed by atoms with Crippen LogP contribution in [0.15, 0.2) is 18.5 Å². The molecular formula is C14H16N4O6. The predicted molar refractivity (Wildman–Crippen MR) is 79.2 cm³/mol. The summed E-state index contributed by atoms with van der Waals surface area (Å²) in [6.07, 6.45) is 1.13. The summed E-state index contributed by atoms with van der Waals surface area (Å²) in [5.74, 6) is -2.77. The Kier molecular flexibility index (Phi) is 7.21. The van der Waals surface area contributed by atoms with Gasteiger partial charge >= 0.3 is 12.2 Å². The number of aliphatic hydroxyl groups is 1. The zero-order chi connectivity index (χ0) is 18.1. The summed E-state index contributed by atoms with van der Waals surface area (Å²) >= 11 is 0. The summed E-state index contributed by atoms with van der Waals surface area (Å²) in [7, 11) is 1.33. The van der Waals surface area contributed by atoms with Gasteiger partial charge in [0.25, 0.3) is 5.91 Å². The van der Waals surface area contributed by atoms with Gasteiger partial charge < -0.3 is 25.8 Å². The molecular weight excluding hydrogens is 320 g/mol. The topological polar surface area (TPSA) is 162 Å². The Morgan fingerprint density at radius 2 is 2.21 bits per heavy atom. The van der Waals surface area contributed by atoms with Gasteiger partial charge in [0, 0.05) is 18.2 Å². The van der Waals surface area contributed by atoms with E-state index < -0.39 is 29.8 Å². The van der Waals surface area contributed by atoms with Crippen molar-refractivity contribution in [1.29, 1.82) is 0 Å². The van der Waals surface area contributed by atoms with Gasteiger partial charge in [0.15, 0.2) is 6.10 Å². The molecule has 0 aromatic carbocycles. The van der Waals surface area contributed by atoms with Crippen LogP contribution in [-0.4, -0.2) is 57.0 Å². The first-order valence-corrected chi connectivity index (χ1v) is 6.80. The minimum Gasteiger partial charge on any atom is -0.495 e. The first kappa shape index (κ1) is 18.9. The Morgan fingerprint density at radius 1 is 1.50 bits per heavy atom. The monoisotopic (exact) mass is 336 g/mol. The number of nitrogens with zero attached hydrogens (tertiary/aromatic N) is 3. The molecule has 3 N–H and O–H groups in total. The zero-order valence-corrected chi connectivity index (χ0v) is 12.7. The Labute approximate surface area is 136 Å². The normalized spacial score (nSPS) is 12.4. The highest BCUT2D eigenvalue weighted by Gasteiger charge is 2.27. The lowest BCUT2D eigenvalue weighted by Gasteiger charge is -2.18. The third-order valence-corrected chi connectivity index (χ3v) is 3.08. The standard InChI is InChI=1S/C14H16N4O6/c1-24-11-7-16-5-4-9(11)12(20)13(21)18-10(14(22)23)3-2-8(19)6-17-15/h4-7,10,12,20H,2-3H2,1H3,(H,18,21)(H,22,23)/t10-,12+/m0/s1. The molecule has 0 aliphatic rings. The Balaban J connectivity index is 2.79. The molecule has 0 aliphatic carbocycles. The van der Waals surface area contributed by atoms with E-state index in [0.29, 0.717) is 6.21 Å². The second-order valence-electron chi connectivity index (χ2n) is 4.67. The van der Waals surface area contributed by atoms with Crippen LogP contribution in [0.5, 0.6) is 5.75 Å². The van der Waals surface area contributed by atoms with E-state index in [1.807, 2.05) is 0 Å². The molecule has 1 rings (SSSR count). The van der Waals surface area contributed by atoms with Gasteiger partial charge in [0.05, 0.1) is 13.3 Å². The largest absolute Gasteiger partial charge is 0.495 e. The smallest absolute Gasteiger partial charge is 0.326 e. The summed E-state index contributed by atoms with van der Waals surface area (Å²) < 4.78 is 4.97. The summed E-state index contributed by atoms with van der Waals surface area (Å²) in [5.41, 5.74) is 8.34. The predicted octanol–water partition coefficient (Wildman–Crippen LogP) is -0.657. The van der Waals surface area contributed by atoms with E-state index in [4.69, 9.17) is 15.4 Å². The molecule has 1 aromatic heterocycles. The number of aliphatic carboxylic acids is 1. The van der Waals surface area contributed by atoms with Crippen molar-refractivity contribution < 1.29 is 34.1 Å². The number of pyridine rings is 1. The fourth-order valence-electron chi connectivity index (χ4n) is 1.85. The number of aromatic nitrogens is 1. The lowest BCUT2D eigenvalue weighted by Crippen LogP contribution is -2.43. The fourth-order valence-corrected chi connectivity index (χ4v) is 1.85. The number of nitrogens with one attached hydrogen (secondary N) is 1. The van der Waals surface area contributed by atoms with Gasteiger partial charge in [-0.2, -0.15) is 4.79 Å². The molecule has 0 radical (unpaired) electrons. The van der Waals surface area contributed by atoms with Gasteiger partial charge in [-0.1, -0.05) is 0 Å². The number of aliphatic hydroxyl groups excluding tert-OH is 1. The number of carbonyl (C=O) groups excluding carboxylic acids is 2. The van der Waals surface area contributed by atoms with Crippen molar-refractivity contribution in [2.45, 2.75) is 25.0 Å². The molecule has 10 heteroatoms. The molecule has 0 saturated heterocycles. The molecule has 0 spiro atoms. The van der Waals surface area contributed by atoms with Crippen LogP contribution >= 0.6 is 0 Å². The maximum Gasteiger partial charge on any atom is 0.326 e. The number of Topliss-reactive ketones (excluding diaryl/α,β-unsaturated/α-hetero) is 1. The first-order chi connectivity index (χ1) is 11.4. The summed E-state index contributed by atoms with van der Waals surface area (Å²) in [6.45, 7) is 0. The maximum atomic E-state index is 12.0. The molecule has 1 aromatic rings. The van der Waals surface area contributed by atoms with Gasteiger partial charge in [0.2, 0.25) is 5.78 Å². The molecule has 0 saturated carbocycles. The lowest BCUT2D eigenvalue weighted by atomic mass is 10.1. The zero-order valence-electron chi connectivity index (χ0n) is 12.7. The number of methoxy groups -OCH3 is 1. The van der Waals surface area contributed by atoms with Crippen molar-refractivity contribution in [2.75, 3.05) is 7.11 Å². The second-order valence-corrected chi connectivity index (χ2v) is 4.67. The van der Waals surface area contributed by atoms with Crippen molar-refractivity contribution in [2.24, 2.45) is 0 Å². The average Bonchev–Trinajstić information content (AvgIpc) is 2.57. The van der Waals surface area contributed by atoms with Crippen molar-refractivity contribution in [3.8, 4) is 5.75 Å². The molecule has 0 fully saturated rings. The third-order valence-electron chi connectivity index (χ3n) is 3.08. The van der Waals surface area contributed by atoms with Crippen molar-refractivity contribution in [1.82, 2.24) is 10.3 Å². The number of carboxylic acid groups (broad SMARTS) is 1. The van der Waals surface area contributed by atoms with Crippen molar-refractivity contribution >= 4 is 23.9 Å². The second kappa shape index (κ2) is 9.13. The van der Waals surface area contributed by atoms with Crippen LogP contribution in [0.1, 0.15) is 24.5 Å². The minimum atomic E-state index is -1.67. The number of carboxylic acids is 1. The molecule has 10 nitrogen and oxygen atoms in total. The van der Waals surface area contributed by atoms with Crippen LogP contribution < -0.4 is 10.1 Å². The van der Waals surface area contributed by atoms with Crippen LogP contribution in [-0.2, 0) is 14.4 Å². The van der Waals surface area contributed by atoms with E-state index in [-0.39, 0.29) is 24.2 Å². The number of ketones is 1. The van der Waals surface area contributed by atoms with Gasteiger partial charge in [0.1, 0.15) is 11.8 Å². The first-order valence-electron chi connectivity index (χ1n) is 6.80. The van der Waals surface area contributed by atoms with Gasteiger partial charge in [-0.3, -0.25) is 14.6 Å². The Bertz CT molecular complexity index is 671. The number of ether oxygens (including phenoxy) is 1. The average molecular weight is 336 g/mol. The third kappa shape index (κ3) is 5.27. The summed E-state index contributed by atoms with van der Waals surface area (Å²) in [4.78, 5) is 40.7.